The van der Waals surface area contributed by atoms with Gasteiger partial charge in [-0.05, 0) is 49.3 Å². The predicted octanol–water partition coefficient (Wildman–Crippen LogP) is 3.06. The van der Waals surface area contributed by atoms with Crippen LogP contribution in [0.5, 0.6) is 0 Å². The van der Waals surface area contributed by atoms with E-state index in [-0.39, 0.29) is 29.9 Å². The highest BCUT2D eigenvalue weighted by Crippen LogP contribution is 2.21. The minimum absolute atomic E-state index is 0. The zero-order valence-corrected chi connectivity index (χ0v) is 19.4. The lowest BCUT2D eigenvalue weighted by Crippen LogP contribution is -2.46. The molecule has 0 bridgehead atoms. The Labute approximate surface area is 184 Å². The van der Waals surface area contributed by atoms with Crippen molar-refractivity contribution in [3.8, 4) is 0 Å². The number of aliphatic imine (C=N–C) groups is 1. The molecular weight excluding hydrogens is 465 g/mol. The zero-order chi connectivity index (χ0) is 19.2. The number of carbonyl (C=O) groups excluding carboxylic acids is 1. The maximum atomic E-state index is 11.6. The molecule has 1 amide bonds. The summed E-state index contributed by atoms with van der Waals surface area (Å²) in [6.07, 6.45) is 5.77. The van der Waals surface area contributed by atoms with Gasteiger partial charge in [0.05, 0.1) is 0 Å². The fourth-order valence-electron chi connectivity index (χ4n) is 3.86. The van der Waals surface area contributed by atoms with Crippen LogP contribution >= 0.6 is 24.0 Å². The second kappa shape index (κ2) is 10.7. The number of aromatic amines is 1. The molecular formula is C21H32IN5O. The van der Waals surface area contributed by atoms with E-state index < -0.39 is 0 Å². The van der Waals surface area contributed by atoms with E-state index in [4.69, 9.17) is 0 Å². The van der Waals surface area contributed by atoms with Crippen molar-refractivity contribution >= 4 is 46.7 Å². The molecule has 1 aromatic carbocycles. The van der Waals surface area contributed by atoms with E-state index in [1.165, 1.54) is 22.0 Å². The van der Waals surface area contributed by atoms with Crippen LogP contribution in [0.1, 0.15) is 30.4 Å². The number of piperidine rings is 1. The number of benzene rings is 1. The second-order valence-corrected chi connectivity index (χ2v) is 7.39. The number of nitrogens with one attached hydrogen (secondary N) is 3. The topological polar surface area (TPSA) is 72.5 Å². The maximum absolute atomic E-state index is 11.6. The van der Waals surface area contributed by atoms with Gasteiger partial charge in [-0.15, -0.1) is 24.0 Å². The number of amides is 1. The highest BCUT2D eigenvalue weighted by molar-refractivity contribution is 14.0. The molecule has 0 spiro atoms. The number of hydrogen-bond acceptors (Lipinski definition) is 2. The largest absolute Gasteiger partial charge is 0.361 e. The number of carbonyl (C=O) groups is 1. The normalized spacial score (nSPS) is 15.4. The Balaban J connectivity index is 0.00000280. The highest BCUT2D eigenvalue weighted by atomic mass is 127. The summed E-state index contributed by atoms with van der Waals surface area (Å²) in [5.74, 6) is 1.59. The van der Waals surface area contributed by atoms with E-state index in [1.807, 2.05) is 7.05 Å². The number of halogens is 1. The molecule has 2 aromatic rings. The Kier molecular flexibility index (Phi) is 8.59. The van der Waals surface area contributed by atoms with Crippen LogP contribution in [0.2, 0.25) is 0 Å². The standard InChI is InChI=1S/C21H31N5O.HI/c1-15-4-5-18-17(14-25-19(18)12-15)6-9-24-21(23-3)26-10-7-16(8-11-26)13-20(27)22-2;/h4-5,12,14,16,25H,6-11,13H2,1-3H3,(H,22,27)(H,23,24);1H. The van der Waals surface area contributed by atoms with Crippen molar-refractivity contribution in [1.29, 1.82) is 0 Å². The third-order valence-electron chi connectivity index (χ3n) is 5.48. The van der Waals surface area contributed by atoms with Crippen LogP contribution in [-0.4, -0.2) is 55.5 Å². The van der Waals surface area contributed by atoms with Gasteiger partial charge in [-0.2, -0.15) is 0 Å². The van der Waals surface area contributed by atoms with Gasteiger partial charge in [-0.3, -0.25) is 9.79 Å². The van der Waals surface area contributed by atoms with Crippen LogP contribution in [0, 0.1) is 12.8 Å². The summed E-state index contributed by atoms with van der Waals surface area (Å²) in [4.78, 5) is 21.7. The second-order valence-electron chi connectivity index (χ2n) is 7.39. The van der Waals surface area contributed by atoms with Gasteiger partial charge in [0.15, 0.2) is 5.96 Å². The quantitative estimate of drug-likeness (QED) is 0.338. The molecule has 6 nitrogen and oxygen atoms in total. The van der Waals surface area contributed by atoms with Crippen LogP contribution < -0.4 is 10.6 Å². The van der Waals surface area contributed by atoms with Crippen molar-refractivity contribution in [2.24, 2.45) is 10.9 Å². The van der Waals surface area contributed by atoms with Crippen molar-refractivity contribution in [2.75, 3.05) is 33.7 Å². The number of likely N-dealkylation sites (tertiary alicyclic amines) is 1. The van der Waals surface area contributed by atoms with E-state index >= 15 is 0 Å². The van der Waals surface area contributed by atoms with Gasteiger partial charge in [0.1, 0.15) is 0 Å². The number of nitrogens with zero attached hydrogens (tertiary/aromatic N) is 2. The molecule has 2 heterocycles. The maximum Gasteiger partial charge on any atom is 0.220 e. The van der Waals surface area contributed by atoms with Crippen molar-refractivity contribution < 1.29 is 4.79 Å². The molecule has 1 aliphatic heterocycles. The van der Waals surface area contributed by atoms with E-state index in [0.29, 0.717) is 12.3 Å². The summed E-state index contributed by atoms with van der Waals surface area (Å²) >= 11 is 0. The van der Waals surface area contributed by atoms with Crippen molar-refractivity contribution in [1.82, 2.24) is 20.5 Å². The first-order valence-corrected chi connectivity index (χ1v) is 9.83. The number of guanidine groups is 1. The summed E-state index contributed by atoms with van der Waals surface area (Å²) in [5, 5.41) is 7.52. The number of aromatic nitrogens is 1. The molecule has 1 aromatic heterocycles. The number of rotatable bonds is 5. The molecule has 1 fully saturated rings. The van der Waals surface area contributed by atoms with E-state index in [0.717, 1.165) is 44.9 Å². The predicted molar refractivity (Wildman–Crippen MR) is 126 cm³/mol. The van der Waals surface area contributed by atoms with Crippen LogP contribution in [-0.2, 0) is 11.2 Å². The molecule has 28 heavy (non-hydrogen) atoms. The fourth-order valence-corrected chi connectivity index (χ4v) is 3.86. The smallest absolute Gasteiger partial charge is 0.220 e. The first-order chi connectivity index (χ1) is 13.1. The van der Waals surface area contributed by atoms with E-state index in [2.05, 4.69) is 56.8 Å². The molecule has 7 heteroatoms. The fraction of sp³-hybridized carbons (Fsp3) is 0.524. The highest BCUT2D eigenvalue weighted by Gasteiger charge is 2.22. The molecule has 0 atom stereocenters. The van der Waals surface area contributed by atoms with Gasteiger partial charge >= 0.3 is 0 Å². The van der Waals surface area contributed by atoms with Crippen LogP contribution in [0.4, 0.5) is 0 Å². The van der Waals surface area contributed by atoms with Gasteiger partial charge in [-0.25, -0.2) is 0 Å². The lowest BCUT2D eigenvalue weighted by molar-refractivity contribution is -0.121. The third-order valence-corrected chi connectivity index (χ3v) is 5.48. The summed E-state index contributed by atoms with van der Waals surface area (Å²) in [6, 6.07) is 6.55. The molecule has 1 aliphatic rings. The molecule has 0 saturated carbocycles. The number of aryl methyl sites for hydroxylation is 1. The number of hydrogen-bond donors (Lipinski definition) is 3. The monoisotopic (exact) mass is 497 g/mol. The summed E-state index contributed by atoms with van der Waals surface area (Å²) in [7, 11) is 3.55. The minimum atomic E-state index is 0. The minimum Gasteiger partial charge on any atom is -0.361 e. The van der Waals surface area contributed by atoms with Gasteiger partial charge in [0.2, 0.25) is 5.91 Å². The number of H-pyrrole nitrogens is 1. The lowest BCUT2D eigenvalue weighted by atomic mass is 9.93. The molecule has 0 radical (unpaired) electrons. The first kappa shape index (κ1) is 22.5. The Morgan fingerprint density at radius 3 is 2.75 bits per heavy atom. The van der Waals surface area contributed by atoms with Crippen LogP contribution in [0.15, 0.2) is 29.4 Å². The number of fused-ring (bicyclic) bond motifs is 1. The molecule has 0 aliphatic carbocycles. The van der Waals surface area contributed by atoms with Crippen molar-refractivity contribution in [2.45, 2.75) is 32.6 Å². The first-order valence-electron chi connectivity index (χ1n) is 9.83. The Hall–Kier alpha value is -1.77. The molecule has 154 valence electrons. The SMILES string of the molecule is CN=C(NCCc1c[nH]c2cc(C)ccc12)N1CCC(CC(=O)NC)CC1.I. The molecule has 1 saturated heterocycles. The van der Waals surface area contributed by atoms with Gasteiger partial charge < -0.3 is 20.5 Å². The summed E-state index contributed by atoms with van der Waals surface area (Å²) < 4.78 is 0. The van der Waals surface area contributed by atoms with Crippen molar-refractivity contribution in [3.05, 3.63) is 35.5 Å². The zero-order valence-electron chi connectivity index (χ0n) is 17.0. The summed E-state index contributed by atoms with van der Waals surface area (Å²) in [6.45, 7) is 4.87. The summed E-state index contributed by atoms with van der Waals surface area (Å²) in [5.41, 5.74) is 3.80. The Morgan fingerprint density at radius 1 is 1.32 bits per heavy atom. The van der Waals surface area contributed by atoms with Gasteiger partial charge in [-0.1, -0.05) is 12.1 Å². The average molecular weight is 497 g/mol. The van der Waals surface area contributed by atoms with Gasteiger partial charge in [0, 0.05) is 57.3 Å². The Bertz CT molecular complexity index is 808. The van der Waals surface area contributed by atoms with Crippen molar-refractivity contribution in [3.63, 3.8) is 0 Å². The van der Waals surface area contributed by atoms with Crippen LogP contribution in [0.25, 0.3) is 10.9 Å². The molecule has 3 rings (SSSR count). The van der Waals surface area contributed by atoms with Gasteiger partial charge in [0.25, 0.3) is 0 Å². The van der Waals surface area contributed by atoms with E-state index in [9.17, 15) is 4.79 Å². The Morgan fingerprint density at radius 2 is 2.07 bits per heavy atom. The lowest BCUT2D eigenvalue weighted by Gasteiger charge is -2.34. The average Bonchev–Trinajstić information content (AvgIpc) is 3.08. The third kappa shape index (κ3) is 5.62. The molecule has 0 unspecified atom stereocenters. The molecule has 3 N–H and O–H groups in total. The van der Waals surface area contributed by atoms with Crippen LogP contribution in [0.3, 0.4) is 0 Å². The van der Waals surface area contributed by atoms with E-state index in [1.54, 1.807) is 7.05 Å².